The molecule has 5 nitrogen and oxygen atoms in total. The number of hydrogen-bond acceptors (Lipinski definition) is 2. The van der Waals surface area contributed by atoms with Crippen molar-refractivity contribution in [3.63, 3.8) is 0 Å². The number of hydrogen-bond donors (Lipinski definition) is 1. The quantitative estimate of drug-likeness (QED) is 0.923. The lowest BCUT2D eigenvalue weighted by atomic mass is 10.2. The molecule has 3 rings (SSSR count). The SMILES string of the molecule is Cc1cccc(NC(=O)CN2CCN(c3ccc(Cl)cc3)C2=O)c1. The number of carbonyl (C=O) groups excluding carboxylic acids is 2. The Morgan fingerprint density at radius 2 is 1.92 bits per heavy atom. The Balaban J connectivity index is 1.61. The molecule has 1 N–H and O–H groups in total. The van der Waals surface area contributed by atoms with E-state index in [9.17, 15) is 9.59 Å². The molecule has 0 aliphatic carbocycles. The molecular formula is C18H18ClN3O2. The van der Waals surface area contributed by atoms with Crippen LogP contribution in [0.1, 0.15) is 5.56 Å². The van der Waals surface area contributed by atoms with Crippen LogP contribution in [0.5, 0.6) is 0 Å². The zero-order valence-corrected chi connectivity index (χ0v) is 14.1. The Labute approximate surface area is 145 Å². The Kier molecular flexibility index (Phi) is 4.71. The van der Waals surface area contributed by atoms with E-state index in [2.05, 4.69) is 5.32 Å². The number of nitrogens with one attached hydrogen (secondary N) is 1. The van der Waals surface area contributed by atoms with Gasteiger partial charge in [0.2, 0.25) is 5.91 Å². The van der Waals surface area contributed by atoms with E-state index in [1.54, 1.807) is 34.1 Å². The average Bonchev–Trinajstić information content (AvgIpc) is 2.89. The monoisotopic (exact) mass is 343 g/mol. The third kappa shape index (κ3) is 3.68. The zero-order valence-electron chi connectivity index (χ0n) is 13.3. The van der Waals surface area contributed by atoms with Crippen LogP contribution < -0.4 is 10.2 Å². The number of urea groups is 1. The number of nitrogens with zero attached hydrogens (tertiary/aromatic N) is 2. The van der Waals surface area contributed by atoms with Gasteiger partial charge in [-0.2, -0.15) is 0 Å². The summed E-state index contributed by atoms with van der Waals surface area (Å²) in [7, 11) is 0. The highest BCUT2D eigenvalue weighted by molar-refractivity contribution is 6.30. The number of benzene rings is 2. The Bertz CT molecular complexity index is 761. The maximum absolute atomic E-state index is 12.5. The Morgan fingerprint density at radius 1 is 1.17 bits per heavy atom. The predicted octanol–water partition coefficient (Wildman–Crippen LogP) is 3.53. The van der Waals surface area contributed by atoms with Crippen LogP contribution in [0.2, 0.25) is 5.02 Å². The van der Waals surface area contributed by atoms with Crippen molar-refractivity contribution in [2.24, 2.45) is 0 Å². The third-order valence-electron chi connectivity index (χ3n) is 3.87. The van der Waals surface area contributed by atoms with Gasteiger partial charge in [0, 0.05) is 29.5 Å². The second-order valence-electron chi connectivity index (χ2n) is 5.75. The summed E-state index contributed by atoms with van der Waals surface area (Å²) in [5.74, 6) is -0.202. The summed E-state index contributed by atoms with van der Waals surface area (Å²) in [6.45, 7) is 3.07. The topological polar surface area (TPSA) is 52.7 Å². The molecule has 0 unspecified atom stereocenters. The summed E-state index contributed by atoms with van der Waals surface area (Å²) in [5.41, 5.74) is 2.59. The van der Waals surface area contributed by atoms with E-state index >= 15 is 0 Å². The zero-order chi connectivity index (χ0) is 17.1. The molecule has 2 aromatic carbocycles. The lowest BCUT2D eigenvalue weighted by Gasteiger charge is -2.18. The lowest BCUT2D eigenvalue weighted by Crippen LogP contribution is -2.37. The number of rotatable bonds is 4. The van der Waals surface area contributed by atoms with Crippen molar-refractivity contribution < 1.29 is 9.59 Å². The van der Waals surface area contributed by atoms with Crippen molar-refractivity contribution in [1.29, 1.82) is 0 Å². The van der Waals surface area contributed by atoms with E-state index in [1.807, 2.05) is 31.2 Å². The molecule has 1 fully saturated rings. The van der Waals surface area contributed by atoms with E-state index in [1.165, 1.54) is 0 Å². The molecule has 0 saturated carbocycles. The molecule has 24 heavy (non-hydrogen) atoms. The van der Waals surface area contributed by atoms with Gasteiger partial charge in [0.05, 0.1) is 0 Å². The van der Waals surface area contributed by atoms with Crippen molar-refractivity contribution in [2.75, 3.05) is 29.9 Å². The van der Waals surface area contributed by atoms with Crippen LogP contribution in [-0.4, -0.2) is 36.5 Å². The first-order valence-corrected chi connectivity index (χ1v) is 8.09. The number of amides is 3. The largest absolute Gasteiger partial charge is 0.325 e. The summed E-state index contributed by atoms with van der Waals surface area (Å²) in [5, 5.41) is 3.45. The lowest BCUT2D eigenvalue weighted by molar-refractivity contribution is -0.116. The van der Waals surface area contributed by atoms with E-state index in [-0.39, 0.29) is 18.5 Å². The fraction of sp³-hybridized carbons (Fsp3) is 0.222. The van der Waals surface area contributed by atoms with Crippen LogP contribution in [0.3, 0.4) is 0 Å². The minimum atomic E-state index is -0.202. The highest BCUT2D eigenvalue weighted by atomic mass is 35.5. The van der Waals surface area contributed by atoms with Gasteiger partial charge in [-0.25, -0.2) is 4.79 Å². The fourth-order valence-electron chi connectivity index (χ4n) is 2.69. The van der Waals surface area contributed by atoms with Gasteiger partial charge in [-0.15, -0.1) is 0 Å². The molecule has 2 aromatic rings. The molecule has 124 valence electrons. The molecule has 0 spiro atoms. The first kappa shape index (κ1) is 16.3. The van der Waals surface area contributed by atoms with Gasteiger partial charge in [0.25, 0.3) is 0 Å². The van der Waals surface area contributed by atoms with Crippen molar-refractivity contribution in [1.82, 2.24) is 4.90 Å². The fourth-order valence-corrected chi connectivity index (χ4v) is 2.81. The minimum Gasteiger partial charge on any atom is -0.325 e. The number of anilines is 2. The molecule has 0 bridgehead atoms. The molecule has 6 heteroatoms. The molecule has 1 saturated heterocycles. The number of halogens is 1. The van der Waals surface area contributed by atoms with Gasteiger partial charge in [-0.1, -0.05) is 23.7 Å². The predicted molar refractivity (Wildman–Crippen MR) is 95.6 cm³/mol. The van der Waals surface area contributed by atoms with Gasteiger partial charge in [-0.05, 0) is 48.9 Å². The normalized spacial score (nSPS) is 14.2. The molecule has 1 aliphatic heterocycles. The molecular weight excluding hydrogens is 326 g/mol. The molecule has 3 amide bonds. The first-order valence-electron chi connectivity index (χ1n) is 7.71. The summed E-state index contributed by atoms with van der Waals surface area (Å²) < 4.78 is 0. The van der Waals surface area contributed by atoms with E-state index in [4.69, 9.17) is 11.6 Å². The standard InChI is InChI=1S/C18H18ClN3O2/c1-13-3-2-4-15(11-13)20-17(23)12-21-9-10-22(18(21)24)16-7-5-14(19)6-8-16/h2-8,11H,9-10,12H2,1H3,(H,20,23). The third-order valence-corrected chi connectivity index (χ3v) is 4.12. The van der Waals surface area contributed by atoms with Gasteiger partial charge in [-0.3, -0.25) is 9.69 Å². The first-order chi connectivity index (χ1) is 11.5. The van der Waals surface area contributed by atoms with E-state index in [0.717, 1.165) is 16.9 Å². The summed E-state index contributed by atoms with van der Waals surface area (Å²) >= 11 is 5.87. The van der Waals surface area contributed by atoms with Crippen molar-refractivity contribution in [2.45, 2.75) is 6.92 Å². The smallest absolute Gasteiger partial charge is 0.325 e. The number of carbonyl (C=O) groups is 2. The van der Waals surface area contributed by atoms with E-state index in [0.29, 0.717) is 18.1 Å². The van der Waals surface area contributed by atoms with Crippen molar-refractivity contribution in [3.8, 4) is 0 Å². The maximum Gasteiger partial charge on any atom is 0.325 e. The second kappa shape index (κ2) is 6.93. The van der Waals surface area contributed by atoms with Gasteiger partial charge >= 0.3 is 6.03 Å². The van der Waals surface area contributed by atoms with Crippen LogP contribution in [0.15, 0.2) is 48.5 Å². The highest BCUT2D eigenvalue weighted by Crippen LogP contribution is 2.22. The Morgan fingerprint density at radius 3 is 2.62 bits per heavy atom. The molecule has 0 aromatic heterocycles. The van der Waals surface area contributed by atoms with Gasteiger partial charge in [0.1, 0.15) is 6.54 Å². The van der Waals surface area contributed by atoms with Crippen LogP contribution in [0, 0.1) is 6.92 Å². The summed E-state index contributed by atoms with van der Waals surface area (Å²) in [4.78, 5) is 27.8. The van der Waals surface area contributed by atoms with E-state index < -0.39 is 0 Å². The second-order valence-corrected chi connectivity index (χ2v) is 6.19. The molecule has 1 aliphatic rings. The molecule has 1 heterocycles. The average molecular weight is 344 g/mol. The molecule has 0 atom stereocenters. The van der Waals surface area contributed by atoms with Crippen molar-refractivity contribution >= 4 is 34.9 Å². The molecule has 0 radical (unpaired) electrons. The summed E-state index contributed by atoms with van der Waals surface area (Å²) in [6.07, 6.45) is 0. The van der Waals surface area contributed by atoms with Crippen LogP contribution in [-0.2, 0) is 4.79 Å². The number of aryl methyl sites for hydroxylation is 1. The van der Waals surface area contributed by atoms with Crippen LogP contribution in [0.25, 0.3) is 0 Å². The van der Waals surface area contributed by atoms with Crippen molar-refractivity contribution in [3.05, 3.63) is 59.1 Å². The maximum atomic E-state index is 12.5. The van der Waals surface area contributed by atoms with Crippen LogP contribution >= 0.6 is 11.6 Å². The Hall–Kier alpha value is -2.53. The minimum absolute atomic E-state index is 0.0386. The van der Waals surface area contributed by atoms with Crippen LogP contribution in [0.4, 0.5) is 16.2 Å². The summed E-state index contributed by atoms with van der Waals surface area (Å²) in [6, 6.07) is 14.5. The van der Waals surface area contributed by atoms with Gasteiger partial charge < -0.3 is 10.2 Å². The highest BCUT2D eigenvalue weighted by Gasteiger charge is 2.30. The van der Waals surface area contributed by atoms with Gasteiger partial charge in [0.15, 0.2) is 0 Å².